The Hall–Kier alpha value is -0.820. The van der Waals surface area contributed by atoms with E-state index in [0.29, 0.717) is 0 Å². The minimum Gasteiger partial charge on any atom is -0.358 e. The van der Waals surface area contributed by atoms with Crippen LogP contribution in [-0.2, 0) is 25.8 Å². The predicted molar refractivity (Wildman–Crippen MR) is 79.3 cm³/mol. The second-order valence-electron chi connectivity index (χ2n) is 4.33. The van der Waals surface area contributed by atoms with Gasteiger partial charge in [0.2, 0.25) is 0 Å². The van der Waals surface area contributed by atoms with Crippen molar-refractivity contribution in [2.75, 3.05) is 0 Å². The minimum absolute atomic E-state index is 0. The van der Waals surface area contributed by atoms with Crippen LogP contribution < -0.4 is 0 Å². The van der Waals surface area contributed by atoms with Crippen LogP contribution in [0.4, 0.5) is 0 Å². The maximum atomic E-state index is 2.27. The van der Waals surface area contributed by atoms with Crippen molar-refractivity contribution in [1.29, 1.82) is 0 Å². The molecule has 0 spiro atoms. The van der Waals surface area contributed by atoms with E-state index in [4.69, 9.17) is 0 Å². The second kappa shape index (κ2) is 6.38. The number of benzene rings is 2. The zero-order chi connectivity index (χ0) is 10.4. The Morgan fingerprint density at radius 1 is 0.722 bits per heavy atom. The van der Waals surface area contributed by atoms with E-state index < -0.39 is 0 Å². The van der Waals surface area contributed by atoms with Gasteiger partial charge in [0.05, 0.1) is 0 Å². The molecule has 0 aliphatic rings. The van der Waals surface area contributed by atoms with Crippen molar-refractivity contribution in [2.24, 2.45) is 0 Å². The average Bonchev–Trinajstić information content (AvgIpc) is 2.56. The summed E-state index contributed by atoms with van der Waals surface area (Å²) in [6.45, 7) is 4.29. The van der Waals surface area contributed by atoms with Crippen LogP contribution in [0.25, 0.3) is 21.5 Å². The van der Waals surface area contributed by atoms with Gasteiger partial charge < -0.3 is 14.9 Å². The third-order valence-electron chi connectivity index (χ3n) is 3.02. The molecule has 0 fully saturated rings. The fourth-order valence-corrected chi connectivity index (χ4v) is 2.23. The van der Waals surface area contributed by atoms with Gasteiger partial charge in [0.25, 0.3) is 0 Å². The van der Waals surface area contributed by atoms with Gasteiger partial charge in [-0.3, -0.25) is 0 Å². The number of aryl methyl sites for hydroxylation is 2. The number of fused-ring (bicyclic) bond motifs is 3. The standard InChI is InChI=1S/C15H13.2CH3.Hf/c1-10-3-5-12-9-13-6-4-11(2)8-15(13)14(12)7-10;;;/h3-9H,1-2H3;2*1H3;/q3*-1;. The summed E-state index contributed by atoms with van der Waals surface area (Å²) >= 11 is 0. The summed E-state index contributed by atoms with van der Waals surface area (Å²) in [5.41, 5.74) is 2.66. The maximum Gasteiger partial charge on any atom is 0 e. The van der Waals surface area contributed by atoms with Gasteiger partial charge in [-0.15, -0.1) is 39.7 Å². The molecule has 0 unspecified atom stereocenters. The van der Waals surface area contributed by atoms with Crippen LogP contribution in [-0.4, -0.2) is 0 Å². The van der Waals surface area contributed by atoms with Gasteiger partial charge in [-0.2, -0.15) is 0 Å². The molecule has 0 bridgehead atoms. The Kier molecular flexibility index (Phi) is 6.09. The molecule has 0 radical (unpaired) electrons. The topological polar surface area (TPSA) is 0 Å². The van der Waals surface area contributed by atoms with Gasteiger partial charge in [0.1, 0.15) is 0 Å². The van der Waals surface area contributed by atoms with E-state index in [1.54, 1.807) is 0 Å². The number of rotatable bonds is 0. The van der Waals surface area contributed by atoms with Gasteiger partial charge in [0, 0.05) is 25.8 Å². The van der Waals surface area contributed by atoms with E-state index in [9.17, 15) is 0 Å². The Bertz CT molecular complexity index is 591. The smallest absolute Gasteiger partial charge is 0 e. The van der Waals surface area contributed by atoms with E-state index in [0.717, 1.165) is 0 Å². The summed E-state index contributed by atoms with van der Waals surface area (Å²) in [4.78, 5) is 0. The quantitative estimate of drug-likeness (QED) is 0.357. The first-order valence-corrected chi connectivity index (χ1v) is 5.30. The number of hydrogen-bond donors (Lipinski definition) is 0. The predicted octanol–water partition coefficient (Wildman–Crippen LogP) is 5.23. The summed E-state index contributed by atoms with van der Waals surface area (Å²) in [5, 5.41) is 5.46. The van der Waals surface area contributed by atoms with Crippen molar-refractivity contribution in [2.45, 2.75) is 13.8 Å². The van der Waals surface area contributed by atoms with Crippen LogP contribution in [0.5, 0.6) is 0 Å². The summed E-state index contributed by atoms with van der Waals surface area (Å²) < 4.78 is 0. The molecule has 0 N–H and O–H groups in total. The van der Waals surface area contributed by atoms with E-state index in [1.807, 2.05) is 0 Å². The van der Waals surface area contributed by atoms with Crippen molar-refractivity contribution in [3.8, 4) is 0 Å². The van der Waals surface area contributed by atoms with Crippen LogP contribution in [0, 0.1) is 28.7 Å². The Labute approximate surface area is 129 Å². The molecule has 0 amide bonds. The molecule has 0 saturated heterocycles. The molecule has 0 heterocycles. The molecule has 0 aromatic heterocycles. The first-order valence-electron chi connectivity index (χ1n) is 5.30. The van der Waals surface area contributed by atoms with E-state index >= 15 is 0 Å². The molecule has 94 valence electrons. The molecule has 0 atom stereocenters. The molecule has 0 aliphatic heterocycles. The fourth-order valence-electron chi connectivity index (χ4n) is 2.23. The normalized spacial score (nSPS) is 9.44. The zero-order valence-corrected chi connectivity index (χ0v) is 15.1. The number of hydrogen-bond acceptors (Lipinski definition) is 0. The molecular formula is C17H19Hf-3. The molecule has 1 heteroatoms. The molecular weight excluding hydrogens is 383 g/mol. The molecule has 18 heavy (non-hydrogen) atoms. The Balaban J connectivity index is 0.000000963. The van der Waals surface area contributed by atoms with Crippen molar-refractivity contribution in [3.05, 3.63) is 68.4 Å². The summed E-state index contributed by atoms with van der Waals surface area (Å²) in [6, 6.07) is 15.6. The first kappa shape index (κ1) is 17.2. The van der Waals surface area contributed by atoms with Gasteiger partial charge in [-0.05, 0) is 13.8 Å². The van der Waals surface area contributed by atoms with E-state index in [-0.39, 0.29) is 40.7 Å². The van der Waals surface area contributed by atoms with Crippen LogP contribution >= 0.6 is 0 Å². The molecule has 3 aromatic carbocycles. The van der Waals surface area contributed by atoms with Crippen molar-refractivity contribution >= 4 is 21.5 Å². The van der Waals surface area contributed by atoms with Crippen LogP contribution in [0.2, 0.25) is 0 Å². The summed E-state index contributed by atoms with van der Waals surface area (Å²) in [6.07, 6.45) is 0. The van der Waals surface area contributed by atoms with Gasteiger partial charge in [0.15, 0.2) is 0 Å². The SMILES string of the molecule is Cc1ccc2[cH-]c3ccc(C)cc3c2c1.[CH3-].[CH3-].[Hf]. The molecule has 0 nitrogen and oxygen atoms in total. The molecule has 0 aliphatic carbocycles. The minimum atomic E-state index is 0. The van der Waals surface area contributed by atoms with Crippen molar-refractivity contribution in [1.82, 2.24) is 0 Å². The third-order valence-corrected chi connectivity index (χ3v) is 3.02. The monoisotopic (exact) mass is 403 g/mol. The van der Waals surface area contributed by atoms with E-state index in [2.05, 4.69) is 56.3 Å². The first-order chi connectivity index (χ1) is 7.24. The third kappa shape index (κ3) is 2.77. The summed E-state index contributed by atoms with van der Waals surface area (Å²) in [7, 11) is 0. The second-order valence-corrected chi connectivity index (χ2v) is 4.33. The van der Waals surface area contributed by atoms with Gasteiger partial charge in [-0.1, -0.05) is 35.4 Å². The molecule has 0 saturated carbocycles. The average molecular weight is 402 g/mol. The summed E-state index contributed by atoms with van der Waals surface area (Å²) in [5.74, 6) is 0. The van der Waals surface area contributed by atoms with Crippen LogP contribution in [0.3, 0.4) is 0 Å². The maximum absolute atomic E-state index is 2.27. The molecule has 3 rings (SSSR count). The van der Waals surface area contributed by atoms with Crippen LogP contribution in [0.15, 0.2) is 42.5 Å². The van der Waals surface area contributed by atoms with E-state index in [1.165, 1.54) is 32.7 Å². The Morgan fingerprint density at radius 3 is 1.50 bits per heavy atom. The van der Waals surface area contributed by atoms with Gasteiger partial charge in [-0.25, -0.2) is 0 Å². The van der Waals surface area contributed by atoms with Crippen molar-refractivity contribution < 1.29 is 25.8 Å². The van der Waals surface area contributed by atoms with Crippen molar-refractivity contribution in [3.63, 3.8) is 0 Å². The van der Waals surface area contributed by atoms with Crippen LogP contribution in [0.1, 0.15) is 11.1 Å². The van der Waals surface area contributed by atoms with Gasteiger partial charge >= 0.3 is 0 Å². The fraction of sp³-hybridized carbons (Fsp3) is 0.118. The zero-order valence-electron chi connectivity index (χ0n) is 11.5. The Morgan fingerprint density at radius 2 is 1.11 bits per heavy atom. The largest absolute Gasteiger partial charge is 0.358 e. The molecule has 3 aromatic rings.